The molecule has 0 heterocycles. The molecule has 0 N–H and O–H groups in total. The molecular weight excluding hydrogens is 295 g/mol. The molecule has 0 spiro atoms. The molecule has 0 saturated carbocycles. The third-order valence-electron chi connectivity index (χ3n) is 2.88. The maximum absolute atomic E-state index is 13.1. The van der Waals surface area contributed by atoms with Crippen LogP contribution in [0.2, 0.25) is 5.02 Å². The highest BCUT2D eigenvalue weighted by Gasteiger charge is 2.09. The Labute approximate surface area is 127 Å². The second-order valence-electron chi connectivity index (χ2n) is 4.51. The first-order valence-electron chi connectivity index (χ1n) is 6.20. The number of hydrogen-bond donors (Lipinski definition) is 0. The summed E-state index contributed by atoms with van der Waals surface area (Å²) in [6.45, 7) is 2.01. The van der Waals surface area contributed by atoms with Gasteiger partial charge in [-0.3, -0.25) is 4.79 Å². The standard InChI is InChI=1S/C16H14ClFOS/c1-11-4-2-3-5-16(11)20-10-14(19)9-12-8-13(18)6-7-15(12)17/h2-8H,9-10H2,1H3. The number of rotatable bonds is 5. The maximum atomic E-state index is 13.1. The summed E-state index contributed by atoms with van der Waals surface area (Å²) >= 11 is 7.46. The molecule has 1 nitrogen and oxygen atoms in total. The smallest absolute Gasteiger partial charge is 0.147 e. The molecule has 0 aromatic heterocycles. The fraction of sp³-hybridized carbons (Fsp3) is 0.188. The highest BCUT2D eigenvalue weighted by atomic mass is 35.5. The van der Waals surface area contributed by atoms with Crippen molar-refractivity contribution in [3.8, 4) is 0 Å². The van der Waals surface area contributed by atoms with Gasteiger partial charge in [0.1, 0.15) is 11.6 Å². The second kappa shape index (κ2) is 6.91. The van der Waals surface area contributed by atoms with Gasteiger partial charge in [-0.2, -0.15) is 0 Å². The van der Waals surface area contributed by atoms with Crippen molar-refractivity contribution >= 4 is 29.1 Å². The minimum atomic E-state index is -0.372. The molecule has 0 aliphatic carbocycles. The zero-order valence-corrected chi connectivity index (χ0v) is 12.6. The number of halogens is 2. The molecule has 20 heavy (non-hydrogen) atoms. The number of ketones is 1. The molecule has 2 aromatic carbocycles. The molecule has 4 heteroatoms. The summed E-state index contributed by atoms with van der Waals surface area (Å²) in [7, 11) is 0. The van der Waals surface area contributed by atoms with Crippen molar-refractivity contribution in [3.05, 3.63) is 64.4 Å². The van der Waals surface area contributed by atoms with E-state index >= 15 is 0 Å². The molecule has 104 valence electrons. The van der Waals surface area contributed by atoms with Crippen LogP contribution < -0.4 is 0 Å². The van der Waals surface area contributed by atoms with Crippen LogP contribution in [0.25, 0.3) is 0 Å². The molecule has 0 fully saturated rings. The third-order valence-corrected chi connectivity index (χ3v) is 4.48. The lowest BCUT2D eigenvalue weighted by Gasteiger charge is -2.06. The predicted molar refractivity (Wildman–Crippen MR) is 82.0 cm³/mol. The number of hydrogen-bond acceptors (Lipinski definition) is 2. The van der Waals surface area contributed by atoms with E-state index in [1.807, 2.05) is 31.2 Å². The highest BCUT2D eigenvalue weighted by molar-refractivity contribution is 8.00. The lowest BCUT2D eigenvalue weighted by molar-refractivity contribution is -0.116. The van der Waals surface area contributed by atoms with Crippen LogP contribution in [0.5, 0.6) is 0 Å². The van der Waals surface area contributed by atoms with Crippen molar-refractivity contribution in [2.24, 2.45) is 0 Å². The molecule has 0 atom stereocenters. The summed E-state index contributed by atoms with van der Waals surface area (Å²) in [5, 5.41) is 0.431. The monoisotopic (exact) mass is 308 g/mol. The zero-order chi connectivity index (χ0) is 14.5. The fourth-order valence-corrected chi connectivity index (χ4v) is 2.89. The van der Waals surface area contributed by atoms with Crippen molar-refractivity contribution in [3.63, 3.8) is 0 Å². The second-order valence-corrected chi connectivity index (χ2v) is 5.93. The van der Waals surface area contributed by atoms with Gasteiger partial charge in [0.15, 0.2) is 0 Å². The first-order valence-corrected chi connectivity index (χ1v) is 7.56. The van der Waals surface area contributed by atoms with Crippen LogP contribution in [-0.2, 0) is 11.2 Å². The highest BCUT2D eigenvalue weighted by Crippen LogP contribution is 2.23. The lowest BCUT2D eigenvalue weighted by atomic mass is 10.1. The van der Waals surface area contributed by atoms with E-state index in [1.54, 1.807) is 0 Å². The fourth-order valence-electron chi connectivity index (χ4n) is 1.82. The number of carbonyl (C=O) groups excluding carboxylic acids is 1. The average molecular weight is 309 g/mol. The van der Waals surface area contributed by atoms with Crippen LogP contribution in [0.4, 0.5) is 4.39 Å². The Morgan fingerprint density at radius 1 is 1.25 bits per heavy atom. The van der Waals surface area contributed by atoms with E-state index in [1.165, 1.54) is 30.0 Å². The number of thioether (sulfide) groups is 1. The molecule has 0 aliphatic rings. The quantitative estimate of drug-likeness (QED) is 0.745. The Hall–Kier alpha value is -1.32. The van der Waals surface area contributed by atoms with Crippen LogP contribution in [0.3, 0.4) is 0 Å². The average Bonchev–Trinajstić information content (AvgIpc) is 2.42. The summed E-state index contributed by atoms with van der Waals surface area (Å²) in [5.74, 6) is 0.0204. The maximum Gasteiger partial charge on any atom is 0.147 e. The van der Waals surface area contributed by atoms with Crippen molar-refractivity contribution in [1.82, 2.24) is 0 Å². The Morgan fingerprint density at radius 3 is 2.75 bits per heavy atom. The zero-order valence-electron chi connectivity index (χ0n) is 11.0. The van der Waals surface area contributed by atoms with E-state index in [9.17, 15) is 9.18 Å². The Kier molecular flexibility index (Phi) is 5.21. The summed E-state index contributed by atoms with van der Waals surface area (Å²) < 4.78 is 13.1. The van der Waals surface area contributed by atoms with E-state index in [4.69, 9.17) is 11.6 Å². The van der Waals surface area contributed by atoms with E-state index in [0.717, 1.165) is 10.5 Å². The van der Waals surface area contributed by atoms with Crippen molar-refractivity contribution in [2.75, 3.05) is 5.75 Å². The summed E-state index contributed by atoms with van der Waals surface area (Å²) in [6.07, 6.45) is 0.162. The van der Waals surface area contributed by atoms with Gasteiger partial charge in [-0.1, -0.05) is 29.8 Å². The predicted octanol–water partition coefficient (Wildman–Crippen LogP) is 4.69. The van der Waals surface area contributed by atoms with Gasteiger partial charge >= 0.3 is 0 Å². The third kappa shape index (κ3) is 4.09. The van der Waals surface area contributed by atoms with Gasteiger partial charge in [-0.15, -0.1) is 11.8 Å². The Bertz CT molecular complexity index is 628. The molecule has 2 rings (SSSR count). The topological polar surface area (TPSA) is 17.1 Å². The van der Waals surface area contributed by atoms with E-state index in [2.05, 4.69) is 0 Å². The molecule has 0 amide bonds. The molecule has 2 aromatic rings. The van der Waals surface area contributed by atoms with Crippen LogP contribution in [-0.4, -0.2) is 11.5 Å². The van der Waals surface area contributed by atoms with Gasteiger partial charge in [0.2, 0.25) is 0 Å². The van der Waals surface area contributed by atoms with Crippen LogP contribution in [0, 0.1) is 12.7 Å². The number of carbonyl (C=O) groups is 1. The van der Waals surface area contributed by atoms with Crippen molar-refractivity contribution < 1.29 is 9.18 Å². The normalized spacial score (nSPS) is 10.6. The Morgan fingerprint density at radius 2 is 2.00 bits per heavy atom. The largest absolute Gasteiger partial charge is 0.298 e. The van der Waals surface area contributed by atoms with E-state index in [-0.39, 0.29) is 18.0 Å². The van der Waals surface area contributed by atoms with Gasteiger partial charge < -0.3 is 0 Å². The molecule has 0 bridgehead atoms. The first-order chi connectivity index (χ1) is 9.56. The van der Waals surface area contributed by atoms with Gasteiger partial charge in [-0.25, -0.2) is 4.39 Å². The van der Waals surface area contributed by atoms with E-state index < -0.39 is 0 Å². The molecule has 0 aliphatic heterocycles. The van der Waals surface area contributed by atoms with Crippen LogP contribution in [0.1, 0.15) is 11.1 Å². The molecule has 0 unspecified atom stereocenters. The summed E-state index contributed by atoms with van der Waals surface area (Å²) in [6, 6.07) is 12.0. The van der Waals surface area contributed by atoms with Crippen LogP contribution in [0.15, 0.2) is 47.4 Å². The Balaban J connectivity index is 1.96. The van der Waals surface area contributed by atoms with Gasteiger partial charge in [0.25, 0.3) is 0 Å². The molecule has 0 radical (unpaired) electrons. The SMILES string of the molecule is Cc1ccccc1SCC(=O)Cc1cc(F)ccc1Cl. The van der Waals surface area contributed by atoms with Gasteiger partial charge in [-0.05, 0) is 42.3 Å². The number of benzene rings is 2. The minimum absolute atomic E-state index is 0.0331. The lowest BCUT2D eigenvalue weighted by Crippen LogP contribution is -2.06. The van der Waals surface area contributed by atoms with Crippen LogP contribution >= 0.6 is 23.4 Å². The van der Waals surface area contributed by atoms with E-state index in [0.29, 0.717) is 16.3 Å². The number of aryl methyl sites for hydroxylation is 1. The van der Waals surface area contributed by atoms with Crippen molar-refractivity contribution in [1.29, 1.82) is 0 Å². The van der Waals surface area contributed by atoms with Crippen molar-refractivity contribution in [2.45, 2.75) is 18.2 Å². The summed E-state index contributed by atoms with van der Waals surface area (Å²) in [5.41, 5.74) is 1.69. The summed E-state index contributed by atoms with van der Waals surface area (Å²) in [4.78, 5) is 13.0. The number of Topliss-reactive ketones (excluding diaryl/α,β-unsaturated/α-hetero) is 1. The van der Waals surface area contributed by atoms with Gasteiger partial charge in [0.05, 0.1) is 5.75 Å². The minimum Gasteiger partial charge on any atom is -0.298 e. The van der Waals surface area contributed by atoms with Gasteiger partial charge in [0, 0.05) is 16.3 Å². The molecule has 0 saturated heterocycles. The molecular formula is C16H14ClFOS. The first kappa shape index (κ1) is 15.1.